The summed E-state index contributed by atoms with van der Waals surface area (Å²) in [5.74, 6) is 2.23. The minimum Gasteiger partial charge on any atom is -0.384 e. The molecule has 2 rings (SSSR count). The van der Waals surface area contributed by atoms with Crippen molar-refractivity contribution in [1.29, 1.82) is 0 Å². The highest BCUT2D eigenvalue weighted by Crippen LogP contribution is 2.25. The molecule has 0 aromatic heterocycles. The number of anilines is 1. The highest BCUT2D eigenvalue weighted by atomic mass is 15.1. The smallest absolute Gasteiger partial charge is 0.0372 e. The summed E-state index contributed by atoms with van der Waals surface area (Å²) >= 11 is 0. The van der Waals surface area contributed by atoms with E-state index in [2.05, 4.69) is 62.2 Å². The Morgan fingerprint density at radius 3 is 2.40 bits per heavy atom. The molecule has 112 valence electrons. The molecule has 0 fully saturated rings. The van der Waals surface area contributed by atoms with E-state index >= 15 is 0 Å². The van der Waals surface area contributed by atoms with Gasteiger partial charge in [0, 0.05) is 31.9 Å². The predicted molar refractivity (Wildman–Crippen MR) is 88.2 cm³/mol. The molecule has 1 unspecified atom stereocenters. The van der Waals surface area contributed by atoms with Crippen molar-refractivity contribution >= 4 is 5.69 Å². The standard InChI is InChI=1S/C18H30N2/c1-14(2)11-20(12-15(3)4)13-16-9-17-7-5-6-8-18(17)19-10-16/h5-8,14-16,19H,9-13H2,1-4H3. The first kappa shape index (κ1) is 15.4. The predicted octanol–water partition coefficient (Wildman–Crippen LogP) is 3.88. The summed E-state index contributed by atoms with van der Waals surface area (Å²) in [5.41, 5.74) is 2.82. The minimum atomic E-state index is 0.738. The Kier molecular flexibility index (Phi) is 5.47. The molecule has 2 nitrogen and oxygen atoms in total. The number of benzene rings is 1. The van der Waals surface area contributed by atoms with Gasteiger partial charge in [0.15, 0.2) is 0 Å². The van der Waals surface area contributed by atoms with Crippen molar-refractivity contribution in [2.24, 2.45) is 17.8 Å². The molecule has 0 amide bonds. The molecule has 0 aliphatic carbocycles. The normalized spacial score (nSPS) is 18.4. The van der Waals surface area contributed by atoms with Crippen LogP contribution in [0.25, 0.3) is 0 Å². The summed E-state index contributed by atoms with van der Waals surface area (Å²) in [6.45, 7) is 14.1. The van der Waals surface area contributed by atoms with Gasteiger partial charge in [-0.2, -0.15) is 0 Å². The van der Waals surface area contributed by atoms with Crippen LogP contribution in [0.3, 0.4) is 0 Å². The number of nitrogens with zero attached hydrogens (tertiary/aromatic N) is 1. The molecule has 0 saturated heterocycles. The SMILES string of the molecule is CC(C)CN(CC(C)C)CC1CNc2ccccc2C1. The lowest BCUT2D eigenvalue weighted by Crippen LogP contribution is -2.39. The summed E-state index contributed by atoms with van der Waals surface area (Å²) < 4.78 is 0. The van der Waals surface area contributed by atoms with Crippen LogP contribution in [0.2, 0.25) is 0 Å². The molecular formula is C18H30N2. The maximum absolute atomic E-state index is 3.60. The van der Waals surface area contributed by atoms with E-state index in [1.807, 2.05) is 0 Å². The van der Waals surface area contributed by atoms with Crippen molar-refractivity contribution in [3.8, 4) is 0 Å². The lowest BCUT2D eigenvalue weighted by molar-refractivity contribution is 0.189. The van der Waals surface area contributed by atoms with Crippen LogP contribution in [-0.2, 0) is 6.42 Å². The lowest BCUT2D eigenvalue weighted by Gasteiger charge is -2.33. The number of fused-ring (bicyclic) bond motifs is 1. The molecule has 1 N–H and O–H groups in total. The Morgan fingerprint density at radius 1 is 1.10 bits per heavy atom. The Labute approximate surface area is 124 Å². The fourth-order valence-electron chi connectivity index (χ4n) is 3.26. The highest BCUT2D eigenvalue weighted by Gasteiger charge is 2.21. The van der Waals surface area contributed by atoms with Gasteiger partial charge in [-0.3, -0.25) is 0 Å². The van der Waals surface area contributed by atoms with E-state index in [9.17, 15) is 0 Å². The highest BCUT2D eigenvalue weighted by molar-refractivity contribution is 5.53. The molecule has 1 aromatic carbocycles. The second-order valence-corrected chi connectivity index (χ2v) is 7.11. The summed E-state index contributed by atoms with van der Waals surface area (Å²) in [6.07, 6.45) is 1.22. The number of nitrogens with one attached hydrogen (secondary N) is 1. The number of hydrogen-bond acceptors (Lipinski definition) is 2. The van der Waals surface area contributed by atoms with Gasteiger partial charge in [-0.15, -0.1) is 0 Å². The molecule has 1 aliphatic heterocycles. The molecule has 0 saturated carbocycles. The maximum atomic E-state index is 3.60. The maximum Gasteiger partial charge on any atom is 0.0372 e. The second-order valence-electron chi connectivity index (χ2n) is 7.11. The fraction of sp³-hybridized carbons (Fsp3) is 0.667. The van der Waals surface area contributed by atoms with Gasteiger partial charge in [-0.05, 0) is 35.8 Å². The zero-order valence-electron chi connectivity index (χ0n) is 13.5. The van der Waals surface area contributed by atoms with Gasteiger partial charge in [0.05, 0.1) is 0 Å². The van der Waals surface area contributed by atoms with Crippen molar-refractivity contribution in [3.05, 3.63) is 29.8 Å². The number of hydrogen-bond donors (Lipinski definition) is 1. The Balaban J connectivity index is 1.94. The first-order valence-electron chi connectivity index (χ1n) is 8.08. The van der Waals surface area contributed by atoms with Crippen molar-refractivity contribution in [3.63, 3.8) is 0 Å². The second kappa shape index (κ2) is 7.12. The molecule has 1 atom stereocenters. The summed E-state index contributed by atoms with van der Waals surface area (Å²) in [4.78, 5) is 2.66. The molecule has 0 bridgehead atoms. The summed E-state index contributed by atoms with van der Waals surface area (Å²) in [7, 11) is 0. The Bertz CT molecular complexity index is 402. The van der Waals surface area contributed by atoms with E-state index < -0.39 is 0 Å². The van der Waals surface area contributed by atoms with E-state index in [0.29, 0.717) is 0 Å². The minimum absolute atomic E-state index is 0.738. The summed E-state index contributed by atoms with van der Waals surface area (Å²) in [5, 5.41) is 3.60. The third-order valence-corrected chi connectivity index (χ3v) is 3.87. The van der Waals surface area contributed by atoms with Gasteiger partial charge >= 0.3 is 0 Å². The van der Waals surface area contributed by atoms with Crippen LogP contribution >= 0.6 is 0 Å². The first-order valence-corrected chi connectivity index (χ1v) is 8.08. The molecule has 0 radical (unpaired) electrons. The molecule has 1 aromatic rings. The van der Waals surface area contributed by atoms with Crippen LogP contribution in [0.5, 0.6) is 0 Å². The largest absolute Gasteiger partial charge is 0.384 e. The third kappa shape index (κ3) is 4.52. The quantitative estimate of drug-likeness (QED) is 0.847. The molecule has 1 heterocycles. The number of para-hydroxylation sites is 1. The Hall–Kier alpha value is -1.02. The van der Waals surface area contributed by atoms with Crippen LogP contribution in [0.4, 0.5) is 5.69 Å². The monoisotopic (exact) mass is 274 g/mol. The molecular weight excluding hydrogens is 244 g/mol. The van der Waals surface area contributed by atoms with E-state index in [0.717, 1.165) is 24.3 Å². The molecule has 1 aliphatic rings. The van der Waals surface area contributed by atoms with Crippen LogP contribution in [0.15, 0.2) is 24.3 Å². The van der Waals surface area contributed by atoms with Crippen LogP contribution in [0.1, 0.15) is 33.3 Å². The average Bonchev–Trinajstić information content (AvgIpc) is 2.37. The van der Waals surface area contributed by atoms with Gasteiger partial charge in [0.2, 0.25) is 0 Å². The molecule has 0 spiro atoms. The van der Waals surface area contributed by atoms with Gasteiger partial charge in [0.1, 0.15) is 0 Å². The van der Waals surface area contributed by atoms with Crippen molar-refractivity contribution in [1.82, 2.24) is 4.90 Å². The van der Waals surface area contributed by atoms with Gasteiger partial charge < -0.3 is 10.2 Å². The topological polar surface area (TPSA) is 15.3 Å². The Morgan fingerprint density at radius 2 is 1.75 bits per heavy atom. The van der Waals surface area contributed by atoms with Crippen molar-refractivity contribution in [2.75, 3.05) is 31.5 Å². The third-order valence-electron chi connectivity index (χ3n) is 3.87. The number of rotatable bonds is 6. The zero-order valence-corrected chi connectivity index (χ0v) is 13.5. The van der Waals surface area contributed by atoms with Gasteiger partial charge in [-0.25, -0.2) is 0 Å². The van der Waals surface area contributed by atoms with E-state index in [1.165, 1.54) is 37.3 Å². The van der Waals surface area contributed by atoms with Crippen molar-refractivity contribution < 1.29 is 0 Å². The van der Waals surface area contributed by atoms with Crippen molar-refractivity contribution in [2.45, 2.75) is 34.1 Å². The van der Waals surface area contributed by atoms with Gasteiger partial charge in [0.25, 0.3) is 0 Å². The first-order chi connectivity index (χ1) is 9.54. The van der Waals surface area contributed by atoms with E-state index in [1.54, 1.807) is 0 Å². The molecule has 20 heavy (non-hydrogen) atoms. The lowest BCUT2D eigenvalue weighted by atomic mass is 9.93. The van der Waals surface area contributed by atoms with E-state index in [4.69, 9.17) is 0 Å². The summed E-state index contributed by atoms with van der Waals surface area (Å²) in [6, 6.07) is 8.74. The van der Waals surface area contributed by atoms with Crippen LogP contribution in [0, 0.1) is 17.8 Å². The van der Waals surface area contributed by atoms with Gasteiger partial charge in [-0.1, -0.05) is 45.9 Å². The average molecular weight is 274 g/mol. The molecule has 2 heteroatoms. The van der Waals surface area contributed by atoms with E-state index in [-0.39, 0.29) is 0 Å². The zero-order chi connectivity index (χ0) is 14.5. The van der Waals surface area contributed by atoms with Crippen LogP contribution in [-0.4, -0.2) is 31.1 Å². The van der Waals surface area contributed by atoms with Crippen LogP contribution < -0.4 is 5.32 Å². The fourth-order valence-corrected chi connectivity index (χ4v) is 3.26.